The first-order chi connectivity index (χ1) is 15.9. The third-order valence-electron chi connectivity index (χ3n) is 4.76. The third-order valence-corrected chi connectivity index (χ3v) is 5.91. The molecule has 2 aromatic carbocycles. The summed E-state index contributed by atoms with van der Waals surface area (Å²) in [6.45, 7) is 1.89. The van der Waals surface area contributed by atoms with Gasteiger partial charge in [-0.1, -0.05) is 41.7 Å². The summed E-state index contributed by atoms with van der Waals surface area (Å²) in [5.74, 6) is -0.539. The van der Waals surface area contributed by atoms with Crippen molar-refractivity contribution in [1.82, 2.24) is 14.5 Å². The molecule has 0 aliphatic rings. The van der Waals surface area contributed by atoms with Gasteiger partial charge in [-0.2, -0.15) is 4.98 Å². The molecule has 0 saturated carbocycles. The Bertz CT molecular complexity index is 1350. The van der Waals surface area contributed by atoms with Gasteiger partial charge < -0.3 is 15.5 Å². The van der Waals surface area contributed by atoms with Crippen LogP contribution >= 0.6 is 11.3 Å². The maximum Gasteiger partial charge on any atom is 0.273 e. The molecule has 9 nitrogen and oxygen atoms in total. The molecule has 2 heterocycles. The molecule has 2 N–H and O–H groups in total. The summed E-state index contributed by atoms with van der Waals surface area (Å²) in [5, 5.41) is 6.08. The second-order valence-corrected chi connectivity index (χ2v) is 8.45. The molecular formula is C23H22N6O3S. The van der Waals surface area contributed by atoms with E-state index in [0.717, 1.165) is 5.56 Å². The molecule has 0 fully saturated rings. The molecule has 0 aliphatic heterocycles. The van der Waals surface area contributed by atoms with Crippen LogP contribution in [0, 0.1) is 0 Å². The number of carbonyl (C=O) groups excluding carboxylic acids is 2. The molecule has 0 atom stereocenters. The van der Waals surface area contributed by atoms with Gasteiger partial charge >= 0.3 is 0 Å². The molecule has 4 rings (SSSR count). The number of benzene rings is 2. The molecule has 10 heteroatoms. The highest BCUT2D eigenvalue weighted by Crippen LogP contribution is 2.25. The Kier molecular flexibility index (Phi) is 6.45. The number of nitrogens with one attached hydrogen (secondary N) is 2. The largest absolute Gasteiger partial charge is 0.347 e. The lowest BCUT2D eigenvalue weighted by Crippen LogP contribution is -2.27. The van der Waals surface area contributed by atoms with Crippen LogP contribution in [0.2, 0.25) is 0 Å². The Balaban J connectivity index is 1.46. The summed E-state index contributed by atoms with van der Waals surface area (Å²) in [6.07, 6.45) is 1.34. The van der Waals surface area contributed by atoms with Crippen molar-refractivity contribution >= 4 is 50.0 Å². The van der Waals surface area contributed by atoms with Crippen LogP contribution in [0.25, 0.3) is 10.3 Å². The number of hydrogen-bond acceptors (Lipinski definition) is 7. The highest BCUT2D eigenvalue weighted by molar-refractivity contribution is 7.22. The monoisotopic (exact) mass is 462 g/mol. The van der Waals surface area contributed by atoms with E-state index in [9.17, 15) is 14.4 Å². The van der Waals surface area contributed by atoms with Gasteiger partial charge in [0.1, 0.15) is 17.6 Å². The minimum absolute atomic E-state index is 0.175. The van der Waals surface area contributed by atoms with Crippen LogP contribution in [0.3, 0.4) is 0 Å². The van der Waals surface area contributed by atoms with E-state index in [-0.39, 0.29) is 23.9 Å². The van der Waals surface area contributed by atoms with Gasteiger partial charge in [-0.3, -0.25) is 19.0 Å². The Morgan fingerprint density at radius 3 is 2.36 bits per heavy atom. The standard InChI is InChI=1S/C23H22N6O3S/c1-15(30)25-17-8-10-18(11-9-17)26-19(31)13-29-14-24-21-20(22(29)32)33-23(27-21)28(2)12-16-6-4-3-5-7-16/h3-11,14H,12-13H2,1-2H3,(H,25,30)(H,26,31). The van der Waals surface area contributed by atoms with Gasteiger partial charge in [0.05, 0.1) is 0 Å². The SMILES string of the molecule is CC(=O)Nc1ccc(NC(=O)Cn2cnc3nc(N(C)Cc4ccccc4)sc3c2=O)cc1. The van der Waals surface area contributed by atoms with Crippen LogP contribution in [0.5, 0.6) is 0 Å². The quantitative estimate of drug-likeness (QED) is 0.437. The zero-order chi connectivity index (χ0) is 23.4. The van der Waals surface area contributed by atoms with Gasteiger partial charge in [0.2, 0.25) is 11.8 Å². The second-order valence-electron chi connectivity index (χ2n) is 7.48. The normalized spacial score (nSPS) is 10.7. The van der Waals surface area contributed by atoms with Crippen molar-refractivity contribution in [3.63, 3.8) is 0 Å². The number of amides is 2. The maximum atomic E-state index is 12.9. The van der Waals surface area contributed by atoms with Crippen LogP contribution in [-0.2, 0) is 22.7 Å². The molecule has 168 valence electrons. The summed E-state index contributed by atoms with van der Waals surface area (Å²) < 4.78 is 1.67. The molecule has 0 radical (unpaired) electrons. The summed E-state index contributed by atoms with van der Waals surface area (Å²) in [5.41, 5.74) is 2.37. The van der Waals surface area contributed by atoms with E-state index in [1.165, 1.54) is 29.2 Å². The number of hydrogen-bond donors (Lipinski definition) is 2. The van der Waals surface area contributed by atoms with Gasteiger partial charge in [0.15, 0.2) is 10.8 Å². The van der Waals surface area contributed by atoms with Gasteiger partial charge in [-0.25, -0.2) is 4.98 Å². The van der Waals surface area contributed by atoms with Crippen molar-refractivity contribution in [3.05, 3.63) is 76.8 Å². The van der Waals surface area contributed by atoms with E-state index in [1.54, 1.807) is 24.3 Å². The number of thiazole rings is 1. The van der Waals surface area contributed by atoms with Crippen LogP contribution < -0.4 is 21.1 Å². The molecule has 0 unspecified atom stereocenters. The van der Waals surface area contributed by atoms with Gasteiger partial charge in [0, 0.05) is 31.9 Å². The number of aromatic nitrogens is 3. The summed E-state index contributed by atoms with van der Waals surface area (Å²) in [7, 11) is 1.91. The van der Waals surface area contributed by atoms with Crippen molar-refractivity contribution in [3.8, 4) is 0 Å². The lowest BCUT2D eigenvalue weighted by Gasteiger charge is -2.15. The molecule has 2 aromatic heterocycles. The van der Waals surface area contributed by atoms with Gasteiger partial charge in [-0.15, -0.1) is 0 Å². The highest BCUT2D eigenvalue weighted by Gasteiger charge is 2.15. The van der Waals surface area contributed by atoms with Crippen molar-refractivity contribution < 1.29 is 9.59 Å². The first kappa shape index (κ1) is 22.2. The molecule has 0 spiro atoms. The second kappa shape index (κ2) is 9.61. The number of anilines is 3. The Morgan fingerprint density at radius 2 is 1.70 bits per heavy atom. The zero-order valence-electron chi connectivity index (χ0n) is 18.1. The fraction of sp³-hybridized carbons (Fsp3) is 0.174. The van der Waals surface area contributed by atoms with E-state index in [0.29, 0.717) is 33.4 Å². The smallest absolute Gasteiger partial charge is 0.273 e. The number of carbonyl (C=O) groups is 2. The summed E-state index contributed by atoms with van der Waals surface area (Å²) >= 11 is 1.26. The van der Waals surface area contributed by atoms with E-state index < -0.39 is 0 Å². The van der Waals surface area contributed by atoms with Crippen molar-refractivity contribution in [1.29, 1.82) is 0 Å². The Morgan fingerprint density at radius 1 is 1.03 bits per heavy atom. The van der Waals surface area contributed by atoms with Crippen molar-refractivity contribution in [2.75, 3.05) is 22.6 Å². The average Bonchev–Trinajstić information content (AvgIpc) is 3.23. The minimum atomic E-state index is -0.364. The molecule has 0 aliphatic carbocycles. The molecule has 33 heavy (non-hydrogen) atoms. The van der Waals surface area contributed by atoms with E-state index in [4.69, 9.17) is 0 Å². The van der Waals surface area contributed by atoms with Crippen LogP contribution in [-0.4, -0.2) is 33.4 Å². The maximum absolute atomic E-state index is 12.9. The Hall–Kier alpha value is -4.05. The predicted octanol–water partition coefficient (Wildman–Crippen LogP) is 3.09. The topological polar surface area (TPSA) is 109 Å². The first-order valence-electron chi connectivity index (χ1n) is 10.2. The van der Waals surface area contributed by atoms with Crippen LogP contribution in [0.15, 0.2) is 65.7 Å². The molecular weight excluding hydrogens is 440 g/mol. The van der Waals surface area contributed by atoms with Crippen LogP contribution in [0.4, 0.5) is 16.5 Å². The van der Waals surface area contributed by atoms with E-state index in [2.05, 4.69) is 20.6 Å². The van der Waals surface area contributed by atoms with E-state index in [1.807, 2.05) is 42.3 Å². The number of rotatable bonds is 7. The molecule has 4 aromatic rings. The third kappa shape index (κ3) is 5.42. The number of fused-ring (bicyclic) bond motifs is 1. The van der Waals surface area contributed by atoms with Crippen molar-refractivity contribution in [2.45, 2.75) is 20.0 Å². The summed E-state index contributed by atoms with van der Waals surface area (Å²) in [6, 6.07) is 16.7. The fourth-order valence-electron chi connectivity index (χ4n) is 3.23. The summed E-state index contributed by atoms with van der Waals surface area (Å²) in [4.78, 5) is 47.2. The average molecular weight is 463 g/mol. The van der Waals surface area contributed by atoms with E-state index >= 15 is 0 Å². The van der Waals surface area contributed by atoms with Crippen molar-refractivity contribution in [2.24, 2.45) is 0 Å². The minimum Gasteiger partial charge on any atom is -0.347 e. The zero-order valence-corrected chi connectivity index (χ0v) is 18.9. The first-order valence-corrected chi connectivity index (χ1v) is 11.0. The molecule has 0 saturated heterocycles. The lowest BCUT2D eigenvalue weighted by molar-refractivity contribution is -0.117. The predicted molar refractivity (Wildman–Crippen MR) is 130 cm³/mol. The van der Waals surface area contributed by atoms with Gasteiger partial charge in [-0.05, 0) is 29.8 Å². The fourth-order valence-corrected chi connectivity index (χ4v) is 4.16. The highest BCUT2D eigenvalue weighted by atomic mass is 32.1. The molecule has 0 bridgehead atoms. The molecule has 2 amide bonds. The Labute approximate surface area is 193 Å². The van der Waals surface area contributed by atoms with Gasteiger partial charge in [0.25, 0.3) is 5.56 Å². The van der Waals surface area contributed by atoms with Crippen LogP contribution in [0.1, 0.15) is 12.5 Å². The number of nitrogens with zero attached hydrogens (tertiary/aromatic N) is 4. The lowest BCUT2D eigenvalue weighted by atomic mass is 10.2.